The van der Waals surface area contributed by atoms with E-state index in [1.807, 2.05) is 0 Å². The monoisotopic (exact) mass is 345 g/mol. The van der Waals surface area contributed by atoms with Crippen LogP contribution in [0.5, 0.6) is 0 Å². The minimum Gasteiger partial charge on any atom is -0.322 e. The Morgan fingerprint density at radius 3 is 2.19 bits per heavy atom. The molecule has 0 spiro atoms. The van der Waals surface area contributed by atoms with Crippen LogP contribution in [-0.4, -0.2) is 18.9 Å². The molecule has 0 unspecified atom stereocenters. The first-order valence-electron chi connectivity index (χ1n) is 5.61. The molecule has 110 valence electrons. The molecule has 5 nitrogen and oxygen atoms in total. The summed E-state index contributed by atoms with van der Waals surface area (Å²) < 4.78 is 30.7. The molecule has 0 bridgehead atoms. The largest absolute Gasteiger partial charge is 0.322 e. The van der Waals surface area contributed by atoms with Gasteiger partial charge in [-0.05, 0) is 42.5 Å². The van der Waals surface area contributed by atoms with E-state index in [0.29, 0.717) is 10.7 Å². The predicted octanol–water partition coefficient (Wildman–Crippen LogP) is 3.49. The lowest BCUT2D eigenvalue weighted by molar-refractivity contribution is 0.102. The summed E-state index contributed by atoms with van der Waals surface area (Å²) in [5, 5.41) is 3.17. The van der Waals surface area contributed by atoms with E-state index in [4.69, 9.17) is 27.8 Å². The first-order chi connectivity index (χ1) is 9.77. The van der Waals surface area contributed by atoms with E-state index in [1.165, 1.54) is 42.5 Å². The summed E-state index contributed by atoms with van der Waals surface area (Å²) in [4.78, 5) is 11.8. The van der Waals surface area contributed by atoms with E-state index in [0.717, 1.165) is 0 Å². The molecule has 8 heteroatoms. The van der Waals surface area contributed by atoms with Gasteiger partial charge in [-0.1, -0.05) is 23.2 Å². The lowest BCUT2D eigenvalue weighted by Crippen LogP contribution is -2.12. The molecule has 0 aromatic heterocycles. The fourth-order valence-corrected chi connectivity index (χ4v) is 2.56. The lowest BCUT2D eigenvalue weighted by atomic mass is 10.2. The van der Waals surface area contributed by atoms with E-state index in [9.17, 15) is 13.2 Å². The van der Waals surface area contributed by atoms with Gasteiger partial charge in [0, 0.05) is 10.7 Å². The molecule has 0 atom stereocenters. The number of rotatable bonds is 3. The number of halogens is 2. The van der Waals surface area contributed by atoms with Gasteiger partial charge in [0.2, 0.25) is 0 Å². The van der Waals surface area contributed by atoms with Gasteiger partial charge >= 0.3 is 0 Å². The number of carbonyl (C=O) groups is 1. The average Bonchev–Trinajstić information content (AvgIpc) is 2.38. The molecular formula is C13H9Cl2NO4S. The van der Waals surface area contributed by atoms with Gasteiger partial charge in [0.15, 0.2) is 0 Å². The molecule has 0 aliphatic carbocycles. The number of anilines is 1. The molecule has 0 radical (unpaired) electrons. The zero-order valence-corrected chi connectivity index (χ0v) is 12.7. The van der Waals surface area contributed by atoms with Gasteiger partial charge in [0.1, 0.15) is 0 Å². The minimum atomic E-state index is -4.26. The molecule has 0 heterocycles. The number of hydrogen-bond donors (Lipinski definition) is 2. The van der Waals surface area contributed by atoms with E-state index in [2.05, 4.69) is 5.32 Å². The summed E-state index contributed by atoms with van der Waals surface area (Å²) in [7, 11) is -4.26. The molecule has 2 N–H and O–H groups in total. The van der Waals surface area contributed by atoms with Crippen LogP contribution in [0, 0.1) is 0 Å². The smallest absolute Gasteiger partial charge is 0.294 e. The Kier molecular flexibility index (Phi) is 4.53. The summed E-state index contributed by atoms with van der Waals surface area (Å²) in [6.07, 6.45) is 0. The Balaban J connectivity index is 2.20. The van der Waals surface area contributed by atoms with Crippen molar-refractivity contribution in [3.8, 4) is 0 Å². The maximum Gasteiger partial charge on any atom is 0.294 e. The van der Waals surface area contributed by atoms with E-state index in [-0.39, 0.29) is 15.5 Å². The molecule has 0 aliphatic heterocycles. The van der Waals surface area contributed by atoms with Crippen molar-refractivity contribution >= 4 is 44.9 Å². The quantitative estimate of drug-likeness (QED) is 0.834. The highest BCUT2D eigenvalue weighted by molar-refractivity contribution is 7.85. The van der Waals surface area contributed by atoms with Gasteiger partial charge in [-0.3, -0.25) is 9.35 Å². The minimum absolute atomic E-state index is 0.203. The van der Waals surface area contributed by atoms with Crippen LogP contribution in [0.15, 0.2) is 47.4 Å². The molecule has 1 amide bonds. The molecule has 2 aromatic carbocycles. The number of nitrogens with one attached hydrogen (secondary N) is 1. The summed E-state index contributed by atoms with van der Waals surface area (Å²) in [5.41, 5.74) is 0.596. The van der Waals surface area contributed by atoms with Gasteiger partial charge in [0.25, 0.3) is 16.0 Å². The fourth-order valence-electron chi connectivity index (χ4n) is 1.58. The number of carbonyl (C=O) groups excluding carboxylic acids is 1. The van der Waals surface area contributed by atoms with Crippen LogP contribution >= 0.6 is 23.2 Å². The maximum atomic E-state index is 12.0. The van der Waals surface area contributed by atoms with E-state index >= 15 is 0 Å². The van der Waals surface area contributed by atoms with Crippen LogP contribution in [0.4, 0.5) is 5.69 Å². The van der Waals surface area contributed by atoms with Gasteiger partial charge < -0.3 is 5.32 Å². The van der Waals surface area contributed by atoms with Crippen LogP contribution in [-0.2, 0) is 10.1 Å². The lowest BCUT2D eigenvalue weighted by Gasteiger charge is -2.07. The van der Waals surface area contributed by atoms with Crippen molar-refractivity contribution < 1.29 is 17.8 Å². The van der Waals surface area contributed by atoms with Crippen molar-refractivity contribution in [1.29, 1.82) is 0 Å². The van der Waals surface area contributed by atoms with Crippen molar-refractivity contribution in [2.45, 2.75) is 4.90 Å². The van der Waals surface area contributed by atoms with E-state index < -0.39 is 16.0 Å². The highest BCUT2D eigenvalue weighted by atomic mass is 35.5. The van der Waals surface area contributed by atoms with Gasteiger partial charge in [-0.2, -0.15) is 8.42 Å². The standard InChI is InChI=1S/C13H9Cl2NO4S/c14-8-1-6-11(12(15)7-8)13(17)16-9-2-4-10(5-3-9)21(18,19)20/h1-7H,(H,16,17)(H,18,19,20). The molecule has 0 saturated carbocycles. The van der Waals surface area contributed by atoms with Gasteiger partial charge in [0.05, 0.1) is 15.5 Å². The van der Waals surface area contributed by atoms with Crippen molar-refractivity contribution in [3.05, 3.63) is 58.1 Å². The zero-order chi connectivity index (χ0) is 15.6. The van der Waals surface area contributed by atoms with Crippen LogP contribution in [0.3, 0.4) is 0 Å². The molecular weight excluding hydrogens is 337 g/mol. The van der Waals surface area contributed by atoms with Gasteiger partial charge in [-0.15, -0.1) is 0 Å². The highest BCUT2D eigenvalue weighted by Gasteiger charge is 2.12. The Hall–Kier alpha value is -1.60. The molecule has 2 rings (SSSR count). The molecule has 0 fully saturated rings. The fraction of sp³-hybridized carbons (Fsp3) is 0. The SMILES string of the molecule is O=C(Nc1ccc(S(=O)(=O)O)cc1)c1ccc(Cl)cc1Cl. The third-order valence-electron chi connectivity index (χ3n) is 2.59. The number of hydrogen-bond acceptors (Lipinski definition) is 3. The summed E-state index contributed by atoms with van der Waals surface area (Å²) >= 11 is 11.7. The third kappa shape index (κ3) is 3.95. The number of amides is 1. The average molecular weight is 346 g/mol. The van der Waals surface area contributed by atoms with Crippen molar-refractivity contribution in [1.82, 2.24) is 0 Å². The number of benzene rings is 2. The second kappa shape index (κ2) is 6.03. The van der Waals surface area contributed by atoms with Crippen molar-refractivity contribution in [2.75, 3.05) is 5.32 Å². The van der Waals surface area contributed by atoms with E-state index in [1.54, 1.807) is 0 Å². The maximum absolute atomic E-state index is 12.0. The Morgan fingerprint density at radius 2 is 1.67 bits per heavy atom. The highest BCUT2D eigenvalue weighted by Crippen LogP contribution is 2.22. The van der Waals surface area contributed by atoms with Crippen molar-refractivity contribution in [3.63, 3.8) is 0 Å². The van der Waals surface area contributed by atoms with Crippen molar-refractivity contribution in [2.24, 2.45) is 0 Å². The Labute approximate surface area is 131 Å². The van der Waals surface area contributed by atoms with Crippen LogP contribution in [0.2, 0.25) is 10.0 Å². The molecule has 21 heavy (non-hydrogen) atoms. The van der Waals surface area contributed by atoms with Crippen LogP contribution < -0.4 is 5.32 Å². The first-order valence-corrected chi connectivity index (χ1v) is 7.81. The molecule has 2 aromatic rings. The second-order valence-electron chi connectivity index (χ2n) is 4.08. The summed E-state index contributed by atoms with van der Waals surface area (Å²) in [6, 6.07) is 9.51. The normalized spacial score (nSPS) is 11.2. The van der Waals surface area contributed by atoms with Gasteiger partial charge in [-0.25, -0.2) is 0 Å². The summed E-state index contributed by atoms with van der Waals surface area (Å²) in [6.45, 7) is 0. The zero-order valence-electron chi connectivity index (χ0n) is 10.4. The second-order valence-corrected chi connectivity index (χ2v) is 6.34. The molecule has 0 aliphatic rings. The van der Waals surface area contributed by atoms with Crippen LogP contribution in [0.25, 0.3) is 0 Å². The Bertz CT molecular complexity index is 788. The van der Waals surface area contributed by atoms with Crippen LogP contribution in [0.1, 0.15) is 10.4 Å². The first kappa shape index (κ1) is 15.8. The Morgan fingerprint density at radius 1 is 1.05 bits per heavy atom. The topological polar surface area (TPSA) is 83.5 Å². The predicted molar refractivity (Wildman–Crippen MR) is 80.7 cm³/mol. The summed E-state index contributed by atoms with van der Waals surface area (Å²) in [5.74, 6) is -0.462. The third-order valence-corrected chi connectivity index (χ3v) is 4.00. The molecule has 0 saturated heterocycles.